The predicted molar refractivity (Wildman–Crippen MR) is 81.5 cm³/mol. The molecule has 4 heteroatoms. The van der Waals surface area contributed by atoms with Gasteiger partial charge in [0.25, 0.3) is 0 Å². The van der Waals surface area contributed by atoms with Crippen LogP contribution in [0.2, 0.25) is 0 Å². The summed E-state index contributed by atoms with van der Waals surface area (Å²) in [5.74, 6) is 0.786. The van der Waals surface area contributed by atoms with E-state index >= 15 is 0 Å². The minimum absolute atomic E-state index is 0.453. The van der Waals surface area contributed by atoms with E-state index in [4.69, 9.17) is 15.2 Å². The third kappa shape index (κ3) is 4.07. The number of carbonyl (C=O) groups is 1. The van der Waals surface area contributed by atoms with E-state index < -0.39 is 12.0 Å². The normalized spacial score (nSPS) is 11.8. The molecule has 0 aromatic heterocycles. The number of hydrogen-bond acceptors (Lipinski definition) is 4. The molecule has 21 heavy (non-hydrogen) atoms. The molecule has 0 aliphatic carbocycles. The van der Waals surface area contributed by atoms with Crippen LogP contribution in [-0.4, -0.2) is 19.1 Å². The molecule has 0 fully saturated rings. The first-order valence-electron chi connectivity index (χ1n) is 6.78. The van der Waals surface area contributed by atoms with Crippen LogP contribution in [-0.2, 0) is 11.2 Å². The number of carbonyl (C=O) groups excluding carboxylic acids is 1. The van der Waals surface area contributed by atoms with Gasteiger partial charge in [-0.3, -0.25) is 0 Å². The maximum Gasteiger partial charge on any atom is 0.328 e. The molecule has 0 aliphatic rings. The molecule has 0 amide bonds. The Kier molecular flexibility index (Phi) is 4.95. The number of nitrogens with two attached hydrogens (primary N) is 1. The molecule has 4 nitrogen and oxygen atoms in total. The van der Waals surface area contributed by atoms with Crippen molar-refractivity contribution >= 4 is 5.97 Å². The molecule has 2 aromatic rings. The van der Waals surface area contributed by atoms with Gasteiger partial charge in [-0.25, -0.2) is 4.79 Å². The lowest BCUT2D eigenvalue weighted by molar-refractivity contribution is -0.135. The summed E-state index contributed by atoms with van der Waals surface area (Å²) < 4.78 is 10.6. The molecule has 2 N–H and O–H groups in total. The van der Waals surface area contributed by atoms with Gasteiger partial charge in [0.15, 0.2) is 0 Å². The smallest absolute Gasteiger partial charge is 0.328 e. The molecule has 0 heterocycles. The maximum atomic E-state index is 11.6. The Bertz CT molecular complexity index is 609. The van der Waals surface area contributed by atoms with Gasteiger partial charge in [0.2, 0.25) is 0 Å². The topological polar surface area (TPSA) is 61.5 Å². The molecule has 2 rings (SSSR count). The number of ether oxygens (including phenoxy) is 2. The largest absolute Gasteiger partial charge is 0.496 e. The summed E-state index contributed by atoms with van der Waals surface area (Å²) in [7, 11) is 1.62. The zero-order valence-electron chi connectivity index (χ0n) is 12.2. The summed E-state index contributed by atoms with van der Waals surface area (Å²) in [6.07, 6.45) is 0.702. The number of esters is 1. The van der Waals surface area contributed by atoms with Gasteiger partial charge in [-0.05, 0) is 30.7 Å². The first-order chi connectivity index (χ1) is 10.1. The van der Waals surface area contributed by atoms with Crippen molar-refractivity contribution in [1.82, 2.24) is 0 Å². The van der Waals surface area contributed by atoms with E-state index in [1.807, 2.05) is 36.4 Å². The third-order valence-electron chi connectivity index (χ3n) is 3.08. The number of hydrogen-bond donors (Lipinski definition) is 1. The van der Waals surface area contributed by atoms with Crippen molar-refractivity contribution in [3.05, 3.63) is 59.7 Å². The second-order valence-electron chi connectivity index (χ2n) is 4.85. The third-order valence-corrected chi connectivity index (χ3v) is 3.08. The quantitative estimate of drug-likeness (QED) is 0.677. The Morgan fingerprint density at radius 2 is 1.90 bits per heavy atom. The number of rotatable bonds is 5. The number of methoxy groups -OCH3 is 1. The van der Waals surface area contributed by atoms with Gasteiger partial charge in [-0.1, -0.05) is 30.3 Å². The molecule has 0 bridgehead atoms. The molecule has 110 valence electrons. The molecule has 0 saturated carbocycles. The van der Waals surface area contributed by atoms with E-state index in [-0.39, 0.29) is 0 Å². The first kappa shape index (κ1) is 15.1. The summed E-state index contributed by atoms with van der Waals surface area (Å²) in [5.41, 5.74) is 7.62. The molecule has 0 radical (unpaired) electrons. The van der Waals surface area contributed by atoms with Crippen LogP contribution in [0.25, 0.3) is 0 Å². The Hall–Kier alpha value is -2.33. The number of benzene rings is 2. The highest BCUT2D eigenvalue weighted by Gasteiger charge is 2.12. The molecule has 2 aromatic carbocycles. The van der Waals surface area contributed by atoms with Crippen molar-refractivity contribution in [1.29, 1.82) is 0 Å². The van der Waals surface area contributed by atoms with E-state index in [1.165, 1.54) is 0 Å². The first-order valence-corrected chi connectivity index (χ1v) is 6.78. The lowest BCUT2D eigenvalue weighted by Gasteiger charge is -2.12. The highest BCUT2D eigenvalue weighted by atomic mass is 16.5. The summed E-state index contributed by atoms with van der Waals surface area (Å²) in [5, 5.41) is 0. The Labute approximate surface area is 124 Å². The average molecular weight is 285 g/mol. The van der Waals surface area contributed by atoms with E-state index in [0.29, 0.717) is 12.2 Å². The van der Waals surface area contributed by atoms with E-state index in [1.54, 1.807) is 26.2 Å². The fourth-order valence-corrected chi connectivity index (χ4v) is 1.98. The van der Waals surface area contributed by atoms with Crippen molar-refractivity contribution < 1.29 is 14.3 Å². The van der Waals surface area contributed by atoms with Gasteiger partial charge in [0.05, 0.1) is 7.11 Å². The SMILES string of the molecule is COc1ccc(OC(=O)[C@H](C)N)cc1Cc1ccccc1. The lowest BCUT2D eigenvalue weighted by atomic mass is 10.0. The predicted octanol–water partition coefficient (Wildman–Crippen LogP) is 2.54. The molecule has 0 spiro atoms. The summed E-state index contributed by atoms with van der Waals surface area (Å²) in [6.45, 7) is 1.59. The van der Waals surface area contributed by atoms with Crippen LogP contribution in [0.15, 0.2) is 48.5 Å². The van der Waals surface area contributed by atoms with E-state index in [2.05, 4.69) is 0 Å². The lowest BCUT2D eigenvalue weighted by Crippen LogP contribution is -2.30. The minimum Gasteiger partial charge on any atom is -0.496 e. The minimum atomic E-state index is -0.648. The molecule has 0 unspecified atom stereocenters. The van der Waals surface area contributed by atoms with Crippen molar-refractivity contribution in [2.75, 3.05) is 7.11 Å². The maximum absolute atomic E-state index is 11.6. The zero-order chi connectivity index (χ0) is 15.2. The highest BCUT2D eigenvalue weighted by molar-refractivity contribution is 5.77. The van der Waals surface area contributed by atoms with Crippen LogP contribution in [0, 0.1) is 0 Å². The van der Waals surface area contributed by atoms with Gasteiger partial charge in [0.1, 0.15) is 17.5 Å². The van der Waals surface area contributed by atoms with Crippen molar-refractivity contribution in [2.24, 2.45) is 5.73 Å². The van der Waals surface area contributed by atoms with Crippen molar-refractivity contribution in [3.8, 4) is 11.5 Å². The highest BCUT2D eigenvalue weighted by Crippen LogP contribution is 2.26. The molecular formula is C17H19NO3. The van der Waals surface area contributed by atoms with E-state index in [0.717, 1.165) is 16.9 Å². The second-order valence-corrected chi connectivity index (χ2v) is 4.85. The van der Waals surface area contributed by atoms with Crippen LogP contribution >= 0.6 is 0 Å². The van der Waals surface area contributed by atoms with Crippen molar-refractivity contribution in [3.63, 3.8) is 0 Å². The summed E-state index contributed by atoms with van der Waals surface area (Å²) in [4.78, 5) is 11.6. The van der Waals surface area contributed by atoms with E-state index in [9.17, 15) is 4.79 Å². The Morgan fingerprint density at radius 1 is 1.19 bits per heavy atom. The summed E-state index contributed by atoms with van der Waals surface area (Å²) in [6, 6.07) is 14.7. The van der Waals surface area contributed by atoms with Crippen LogP contribution in [0.4, 0.5) is 0 Å². The standard InChI is InChI=1S/C17H19NO3/c1-12(18)17(19)21-15-8-9-16(20-2)14(11-15)10-13-6-4-3-5-7-13/h3-9,11-12H,10,18H2,1-2H3/t12-/m0/s1. The van der Waals surface area contributed by atoms with Gasteiger partial charge in [0, 0.05) is 12.0 Å². The molecular weight excluding hydrogens is 266 g/mol. The molecule has 1 atom stereocenters. The van der Waals surface area contributed by atoms with Gasteiger partial charge in [-0.2, -0.15) is 0 Å². The van der Waals surface area contributed by atoms with Crippen LogP contribution in [0.1, 0.15) is 18.1 Å². The fourth-order valence-electron chi connectivity index (χ4n) is 1.98. The molecule has 0 aliphatic heterocycles. The Morgan fingerprint density at radius 3 is 2.52 bits per heavy atom. The molecule has 0 saturated heterocycles. The fraction of sp³-hybridized carbons (Fsp3) is 0.235. The average Bonchev–Trinajstić information content (AvgIpc) is 2.48. The van der Waals surface area contributed by atoms with Crippen LogP contribution in [0.3, 0.4) is 0 Å². The second kappa shape index (κ2) is 6.90. The van der Waals surface area contributed by atoms with Gasteiger partial charge >= 0.3 is 5.97 Å². The van der Waals surface area contributed by atoms with Crippen LogP contribution < -0.4 is 15.2 Å². The summed E-state index contributed by atoms with van der Waals surface area (Å²) >= 11 is 0. The zero-order valence-corrected chi connectivity index (χ0v) is 12.2. The Balaban J connectivity index is 2.24. The monoisotopic (exact) mass is 285 g/mol. The van der Waals surface area contributed by atoms with Crippen LogP contribution in [0.5, 0.6) is 11.5 Å². The van der Waals surface area contributed by atoms with Gasteiger partial charge in [-0.15, -0.1) is 0 Å². The van der Waals surface area contributed by atoms with Gasteiger partial charge < -0.3 is 15.2 Å². The van der Waals surface area contributed by atoms with Crippen molar-refractivity contribution in [2.45, 2.75) is 19.4 Å².